The Morgan fingerprint density at radius 3 is 3.05 bits per heavy atom. The number of methoxy groups -OCH3 is 1. The Bertz CT molecular complexity index is 585. The molecule has 1 N–H and O–H groups in total. The minimum atomic E-state index is -0.191. The first kappa shape index (κ1) is 14.7. The number of hydrogen-bond donors (Lipinski definition) is 1. The highest BCUT2D eigenvalue weighted by molar-refractivity contribution is 9.10. The maximum Gasteiger partial charge on any atom is 0.128 e. The lowest BCUT2D eigenvalue weighted by Crippen LogP contribution is -2.26. The number of aromatic amines is 1. The Morgan fingerprint density at radius 2 is 2.38 bits per heavy atom. The molecule has 3 rings (SSSR count). The number of imidazole rings is 1. The molecule has 6 heteroatoms. The molecule has 1 aliphatic rings. The summed E-state index contributed by atoms with van der Waals surface area (Å²) in [5, 5.41) is 0. The van der Waals surface area contributed by atoms with Crippen molar-refractivity contribution >= 4 is 15.9 Å². The number of benzene rings is 1. The number of hydrogen-bond acceptors (Lipinski definition) is 3. The molecule has 1 saturated heterocycles. The van der Waals surface area contributed by atoms with E-state index in [-0.39, 0.29) is 18.0 Å². The van der Waals surface area contributed by atoms with E-state index in [4.69, 9.17) is 4.74 Å². The smallest absolute Gasteiger partial charge is 0.128 e. The van der Waals surface area contributed by atoms with Gasteiger partial charge in [-0.05, 0) is 18.6 Å². The molecule has 1 aromatic carbocycles. The molecule has 0 spiro atoms. The summed E-state index contributed by atoms with van der Waals surface area (Å²) in [6, 6.07) is 5.18. The van der Waals surface area contributed by atoms with E-state index in [1.807, 2.05) is 12.3 Å². The van der Waals surface area contributed by atoms with Gasteiger partial charge in [-0.1, -0.05) is 22.0 Å². The van der Waals surface area contributed by atoms with Crippen molar-refractivity contribution in [3.8, 4) is 0 Å². The molecule has 1 aliphatic heterocycles. The van der Waals surface area contributed by atoms with Crippen molar-refractivity contribution in [2.75, 3.05) is 13.7 Å². The molecule has 4 nitrogen and oxygen atoms in total. The second kappa shape index (κ2) is 6.25. The molecule has 0 aliphatic carbocycles. The zero-order chi connectivity index (χ0) is 14.8. The number of halogens is 2. The molecule has 2 atom stereocenters. The Kier molecular flexibility index (Phi) is 4.37. The largest absolute Gasteiger partial charge is 0.380 e. The molecule has 2 heterocycles. The summed E-state index contributed by atoms with van der Waals surface area (Å²) in [6.07, 6.45) is 4.56. The summed E-state index contributed by atoms with van der Waals surface area (Å²) >= 11 is 3.43. The van der Waals surface area contributed by atoms with Crippen molar-refractivity contribution in [2.45, 2.75) is 25.1 Å². The van der Waals surface area contributed by atoms with E-state index < -0.39 is 0 Å². The molecule has 0 bridgehead atoms. The van der Waals surface area contributed by atoms with Crippen molar-refractivity contribution < 1.29 is 9.13 Å². The molecule has 1 aromatic heterocycles. The fourth-order valence-corrected chi connectivity index (χ4v) is 3.31. The lowest BCUT2D eigenvalue weighted by atomic mass is 10.1. The van der Waals surface area contributed by atoms with Crippen LogP contribution in [0.2, 0.25) is 0 Å². The molecule has 0 amide bonds. The quantitative estimate of drug-likeness (QED) is 0.916. The average molecular weight is 354 g/mol. The van der Waals surface area contributed by atoms with E-state index in [1.54, 1.807) is 19.4 Å². The van der Waals surface area contributed by atoms with Crippen LogP contribution in [0.4, 0.5) is 4.39 Å². The number of aromatic nitrogens is 2. The monoisotopic (exact) mass is 353 g/mol. The third kappa shape index (κ3) is 3.02. The Balaban J connectivity index is 1.85. The maximum absolute atomic E-state index is 14.0. The van der Waals surface area contributed by atoms with Gasteiger partial charge in [-0.15, -0.1) is 0 Å². The number of H-pyrrole nitrogens is 1. The van der Waals surface area contributed by atoms with Crippen LogP contribution in [-0.4, -0.2) is 34.6 Å². The van der Waals surface area contributed by atoms with Gasteiger partial charge in [0.1, 0.15) is 11.6 Å². The van der Waals surface area contributed by atoms with Crippen LogP contribution >= 0.6 is 15.9 Å². The molecule has 2 aromatic rings. The predicted octanol–water partition coefficient (Wildman–Crippen LogP) is 3.27. The van der Waals surface area contributed by atoms with Crippen LogP contribution in [-0.2, 0) is 11.3 Å². The van der Waals surface area contributed by atoms with Gasteiger partial charge in [-0.3, -0.25) is 4.90 Å². The van der Waals surface area contributed by atoms with E-state index in [0.29, 0.717) is 12.1 Å². The minimum Gasteiger partial charge on any atom is -0.380 e. The van der Waals surface area contributed by atoms with Gasteiger partial charge in [0.2, 0.25) is 0 Å². The van der Waals surface area contributed by atoms with E-state index >= 15 is 0 Å². The molecule has 112 valence electrons. The van der Waals surface area contributed by atoms with E-state index in [0.717, 1.165) is 23.3 Å². The van der Waals surface area contributed by atoms with Crippen LogP contribution < -0.4 is 0 Å². The molecule has 1 unspecified atom stereocenters. The zero-order valence-electron chi connectivity index (χ0n) is 11.7. The molecule has 1 fully saturated rings. The third-order valence-corrected chi connectivity index (χ3v) is 4.70. The van der Waals surface area contributed by atoms with Gasteiger partial charge in [-0.25, -0.2) is 9.37 Å². The van der Waals surface area contributed by atoms with Crippen LogP contribution in [0.5, 0.6) is 0 Å². The van der Waals surface area contributed by atoms with Gasteiger partial charge in [0.15, 0.2) is 0 Å². The second-order valence-electron chi connectivity index (χ2n) is 5.21. The first-order valence-electron chi connectivity index (χ1n) is 6.88. The van der Waals surface area contributed by atoms with Crippen LogP contribution in [0.3, 0.4) is 0 Å². The van der Waals surface area contributed by atoms with Crippen LogP contribution in [0.15, 0.2) is 35.1 Å². The van der Waals surface area contributed by atoms with E-state index in [9.17, 15) is 4.39 Å². The molecule has 0 saturated carbocycles. The van der Waals surface area contributed by atoms with Crippen molar-refractivity contribution in [2.24, 2.45) is 0 Å². The van der Waals surface area contributed by atoms with Crippen molar-refractivity contribution in [3.63, 3.8) is 0 Å². The zero-order valence-corrected chi connectivity index (χ0v) is 13.3. The van der Waals surface area contributed by atoms with Gasteiger partial charge in [0.25, 0.3) is 0 Å². The number of nitrogens with zero attached hydrogens (tertiary/aromatic N) is 2. The van der Waals surface area contributed by atoms with Gasteiger partial charge >= 0.3 is 0 Å². The fraction of sp³-hybridized carbons (Fsp3) is 0.400. The normalized spacial score (nSPS) is 22.8. The number of rotatable bonds is 4. The van der Waals surface area contributed by atoms with E-state index in [2.05, 4.69) is 30.8 Å². The first-order chi connectivity index (χ1) is 10.2. The summed E-state index contributed by atoms with van der Waals surface area (Å²) in [6.45, 7) is 1.29. The number of ether oxygens (including phenoxy) is 1. The van der Waals surface area contributed by atoms with Crippen molar-refractivity contribution in [3.05, 3.63) is 52.3 Å². The van der Waals surface area contributed by atoms with Crippen LogP contribution in [0.25, 0.3) is 0 Å². The summed E-state index contributed by atoms with van der Waals surface area (Å²) in [5.74, 6) is 0.713. The fourth-order valence-electron chi connectivity index (χ4n) is 2.84. The maximum atomic E-state index is 14.0. The summed E-state index contributed by atoms with van der Waals surface area (Å²) < 4.78 is 20.3. The van der Waals surface area contributed by atoms with Gasteiger partial charge in [0, 0.05) is 42.6 Å². The lowest BCUT2D eigenvalue weighted by molar-refractivity contribution is 0.107. The summed E-state index contributed by atoms with van der Waals surface area (Å²) in [5.41, 5.74) is 0.672. The first-order valence-corrected chi connectivity index (χ1v) is 7.67. The minimum absolute atomic E-state index is 0.122. The van der Waals surface area contributed by atoms with Gasteiger partial charge in [0.05, 0.1) is 12.1 Å². The highest BCUT2D eigenvalue weighted by Crippen LogP contribution is 2.34. The van der Waals surface area contributed by atoms with E-state index in [1.165, 1.54) is 6.07 Å². The van der Waals surface area contributed by atoms with Crippen molar-refractivity contribution in [1.82, 2.24) is 14.9 Å². The summed E-state index contributed by atoms with van der Waals surface area (Å²) in [4.78, 5) is 9.70. The SMILES string of the molecule is CO[C@@H]1CC(c2ncc[nH]2)N(Cc2c(F)cccc2Br)C1. The molecule has 0 radical (unpaired) electrons. The lowest BCUT2D eigenvalue weighted by Gasteiger charge is -2.23. The summed E-state index contributed by atoms with van der Waals surface area (Å²) in [7, 11) is 1.71. The van der Waals surface area contributed by atoms with Crippen LogP contribution in [0, 0.1) is 5.82 Å². The Hall–Kier alpha value is -1.24. The highest BCUT2D eigenvalue weighted by Gasteiger charge is 2.35. The average Bonchev–Trinajstić information content (AvgIpc) is 3.12. The van der Waals surface area contributed by atoms with Crippen molar-refractivity contribution in [1.29, 1.82) is 0 Å². The Morgan fingerprint density at radius 1 is 1.52 bits per heavy atom. The molecule has 21 heavy (non-hydrogen) atoms. The van der Waals surface area contributed by atoms with Gasteiger partial charge in [-0.2, -0.15) is 0 Å². The third-order valence-electron chi connectivity index (χ3n) is 3.96. The highest BCUT2D eigenvalue weighted by atomic mass is 79.9. The second-order valence-corrected chi connectivity index (χ2v) is 6.07. The predicted molar refractivity (Wildman–Crippen MR) is 81.3 cm³/mol. The van der Waals surface area contributed by atoms with Crippen LogP contribution in [0.1, 0.15) is 23.9 Å². The Labute approximate surface area is 131 Å². The molecular formula is C15H17BrFN3O. The molecular weight excluding hydrogens is 337 g/mol. The van der Waals surface area contributed by atoms with Gasteiger partial charge < -0.3 is 9.72 Å². The standard InChI is InChI=1S/C15H17BrFN3O/c1-21-10-7-14(15-18-5-6-19-15)20(8-10)9-11-12(16)3-2-4-13(11)17/h2-6,10,14H,7-9H2,1H3,(H,18,19)/t10-,14?/m1/s1. The topological polar surface area (TPSA) is 41.1 Å². The number of likely N-dealkylation sites (tertiary alicyclic amines) is 1. The number of nitrogens with one attached hydrogen (secondary N) is 1.